The van der Waals surface area contributed by atoms with E-state index in [1.807, 2.05) is 31.2 Å². The predicted octanol–water partition coefficient (Wildman–Crippen LogP) is 4.19. The van der Waals surface area contributed by atoms with Crippen LogP contribution in [0.1, 0.15) is 17.3 Å². The molecule has 0 saturated heterocycles. The van der Waals surface area contributed by atoms with Gasteiger partial charge in [-0.15, -0.1) is 0 Å². The highest BCUT2D eigenvalue weighted by atomic mass is 127. The first-order valence-electron chi connectivity index (χ1n) is 6.16. The van der Waals surface area contributed by atoms with Gasteiger partial charge < -0.3 is 10.6 Å². The standard InChI is InChI=1S/C15H14ClIN2O/c1-2-19(14-6-4-3-5-13(14)18)15(20)10-7-8-12(17)11(16)9-10/h3-9H,2,18H2,1H3. The van der Waals surface area contributed by atoms with Gasteiger partial charge in [0.1, 0.15) is 0 Å². The molecule has 0 aromatic heterocycles. The zero-order chi connectivity index (χ0) is 14.7. The minimum Gasteiger partial charge on any atom is -0.397 e. The Balaban J connectivity index is 2.39. The number of para-hydroxylation sites is 2. The quantitative estimate of drug-likeness (QED) is 0.620. The molecule has 1 amide bonds. The minimum atomic E-state index is -0.108. The number of nitrogens with zero attached hydrogens (tertiary/aromatic N) is 1. The second-order valence-electron chi connectivity index (χ2n) is 4.24. The number of nitrogens with two attached hydrogens (primary N) is 1. The Morgan fingerprint density at radius 3 is 2.60 bits per heavy atom. The van der Waals surface area contributed by atoms with Crippen LogP contribution in [0.3, 0.4) is 0 Å². The van der Waals surface area contributed by atoms with Crippen molar-refractivity contribution in [1.82, 2.24) is 0 Å². The molecule has 104 valence electrons. The molecular formula is C15H14ClIN2O. The van der Waals surface area contributed by atoms with Crippen molar-refractivity contribution in [3.63, 3.8) is 0 Å². The van der Waals surface area contributed by atoms with Gasteiger partial charge in [-0.2, -0.15) is 0 Å². The van der Waals surface area contributed by atoms with E-state index in [2.05, 4.69) is 22.6 Å². The van der Waals surface area contributed by atoms with E-state index in [-0.39, 0.29) is 5.91 Å². The van der Waals surface area contributed by atoms with Crippen LogP contribution in [-0.2, 0) is 0 Å². The monoisotopic (exact) mass is 400 g/mol. The second kappa shape index (κ2) is 6.45. The number of nitrogen functional groups attached to an aromatic ring is 1. The smallest absolute Gasteiger partial charge is 0.258 e. The van der Waals surface area contributed by atoms with Crippen LogP contribution in [0.4, 0.5) is 11.4 Å². The maximum Gasteiger partial charge on any atom is 0.258 e. The molecule has 2 N–H and O–H groups in total. The maximum atomic E-state index is 12.6. The topological polar surface area (TPSA) is 46.3 Å². The normalized spacial score (nSPS) is 10.3. The summed E-state index contributed by atoms with van der Waals surface area (Å²) in [6, 6.07) is 12.6. The van der Waals surface area contributed by atoms with E-state index in [9.17, 15) is 4.79 Å². The molecule has 0 saturated carbocycles. The summed E-state index contributed by atoms with van der Waals surface area (Å²) in [4.78, 5) is 14.2. The molecule has 0 heterocycles. The summed E-state index contributed by atoms with van der Waals surface area (Å²) in [5, 5.41) is 0.577. The third-order valence-electron chi connectivity index (χ3n) is 2.96. The molecule has 0 atom stereocenters. The molecule has 0 aliphatic carbocycles. The van der Waals surface area contributed by atoms with Crippen molar-refractivity contribution in [2.75, 3.05) is 17.2 Å². The van der Waals surface area contributed by atoms with E-state index in [1.165, 1.54) is 0 Å². The lowest BCUT2D eigenvalue weighted by Gasteiger charge is -2.22. The molecule has 0 bridgehead atoms. The van der Waals surface area contributed by atoms with Crippen molar-refractivity contribution >= 4 is 51.5 Å². The van der Waals surface area contributed by atoms with Crippen molar-refractivity contribution in [2.24, 2.45) is 0 Å². The Morgan fingerprint density at radius 2 is 2.00 bits per heavy atom. The Kier molecular flexibility index (Phi) is 4.88. The maximum absolute atomic E-state index is 12.6. The van der Waals surface area contributed by atoms with Gasteiger partial charge in [0.2, 0.25) is 0 Å². The second-order valence-corrected chi connectivity index (χ2v) is 5.81. The highest BCUT2D eigenvalue weighted by molar-refractivity contribution is 14.1. The van der Waals surface area contributed by atoms with Gasteiger partial charge in [-0.3, -0.25) is 4.79 Å². The molecule has 5 heteroatoms. The third kappa shape index (κ3) is 3.07. The molecule has 0 unspecified atom stereocenters. The number of carbonyl (C=O) groups is 1. The zero-order valence-corrected chi connectivity index (χ0v) is 13.9. The molecule has 0 fully saturated rings. The van der Waals surface area contributed by atoms with Gasteiger partial charge in [-0.1, -0.05) is 23.7 Å². The van der Waals surface area contributed by atoms with E-state index in [1.54, 1.807) is 23.1 Å². The Bertz CT molecular complexity index is 646. The van der Waals surface area contributed by atoms with Crippen molar-refractivity contribution in [3.05, 3.63) is 56.6 Å². The number of anilines is 2. The Morgan fingerprint density at radius 1 is 1.30 bits per heavy atom. The van der Waals surface area contributed by atoms with E-state index < -0.39 is 0 Å². The average molecular weight is 401 g/mol. The number of hydrogen-bond acceptors (Lipinski definition) is 2. The van der Waals surface area contributed by atoms with Gasteiger partial charge in [-0.05, 0) is 59.8 Å². The third-order valence-corrected chi connectivity index (χ3v) is 4.53. The fourth-order valence-corrected chi connectivity index (χ4v) is 2.46. The van der Waals surface area contributed by atoms with Crippen molar-refractivity contribution in [2.45, 2.75) is 6.92 Å². The van der Waals surface area contributed by atoms with Gasteiger partial charge in [0, 0.05) is 15.7 Å². The fourth-order valence-electron chi connectivity index (χ4n) is 1.94. The van der Waals surface area contributed by atoms with Crippen molar-refractivity contribution in [3.8, 4) is 0 Å². The lowest BCUT2D eigenvalue weighted by molar-refractivity contribution is 0.0988. The van der Waals surface area contributed by atoms with Crippen LogP contribution in [0.5, 0.6) is 0 Å². The first-order chi connectivity index (χ1) is 9.54. The molecule has 0 aliphatic heterocycles. The molecule has 2 aromatic rings. The first kappa shape index (κ1) is 15.1. The SMILES string of the molecule is CCN(C(=O)c1ccc(I)c(Cl)c1)c1ccccc1N. The van der Waals surface area contributed by atoms with Crippen LogP contribution in [0, 0.1) is 3.57 Å². The van der Waals surface area contributed by atoms with Crippen LogP contribution in [-0.4, -0.2) is 12.5 Å². The highest BCUT2D eigenvalue weighted by Gasteiger charge is 2.18. The Hall–Kier alpha value is -1.27. The van der Waals surface area contributed by atoms with E-state index >= 15 is 0 Å². The van der Waals surface area contributed by atoms with Crippen molar-refractivity contribution in [1.29, 1.82) is 0 Å². The van der Waals surface area contributed by atoms with E-state index in [0.29, 0.717) is 22.8 Å². The summed E-state index contributed by atoms with van der Waals surface area (Å²) in [7, 11) is 0. The average Bonchev–Trinajstić information content (AvgIpc) is 2.44. The summed E-state index contributed by atoms with van der Waals surface area (Å²) in [5.74, 6) is -0.108. The Labute approximate surface area is 136 Å². The predicted molar refractivity (Wildman–Crippen MR) is 92.4 cm³/mol. The number of benzene rings is 2. The molecule has 3 nitrogen and oxygen atoms in total. The lowest BCUT2D eigenvalue weighted by Crippen LogP contribution is -2.31. The number of carbonyl (C=O) groups excluding carboxylic acids is 1. The molecule has 20 heavy (non-hydrogen) atoms. The van der Waals surface area contributed by atoms with Gasteiger partial charge >= 0.3 is 0 Å². The molecule has 0 radical (unpaired) electrons. The zero-order valence-electron chi connectivity index (χ0n) is 10.9. The van der Waals surface area contributed by atoms with Crippen LogP contribution in [0.15, 0.2) is 42.5 Å². The van der Waals surface area contributed by atoms with Crippen LogP contribution in [0.25, 0.3) is 0 Å². The number of amides is 1. The molecule has 2 aromatic carbocycles. The van der Waals surface area contributed by atoms with Gasteiger partial charge in [0.25, 0.3) is 5.91 Å². The van der Waals surface area contributed by atoms with Gasteiger partial charge in [0.05, 0.1) is 16.4 Å². The summed E-state index contributed by atoms with van der Waals surface area (Å²) < 4.78 is 0.920. The minimum absolute atomic E-state index is 0.108. The summed E-state index contributed by atoms with van der Waals surface area (Å²) in [5.41, 5.74) is 7.80. The number of rotatable bonds is 3. The first-order valence-corrected chi connectivity index (χ1v) is 7.61. The van der Waals surface area contributed by atoms with Crippen LogP contribution < -0.4 is 10.6 Å². The van der Waals surface area contributed by atoms with Gasteiger partial charge in [-0.25, -0.2) is 0 Å². The molecule has 2 rings (SSSR count). The van der Waals surface area contributed by atoms with Crippen molar-refractivity contribution < 1.29 is 4.79 Å². The van der Waals surface area contributed by atoms with Crippen LogP contribution >= 0.6 is 34.2 Å². The van der Waals surface area contributed by atoms with Gasteiger partial charge in [0.15, 0.2) is 0 Å². The fraction of sp³-hybridized carbons (Fsp3) is 0.133. The molecule has 0 spiro atoms. The molecule has 0 aliphatic rings. The van der Waals surface area contributed by atoms with E-state index in [0.717, 1.165) is 9.26 Å². The van der Waals surface area contributed by atoms with E-state index in [4.69, 9.17) is 17.3 Å². The summed E-state index contributed by atoms with van der Waals surface area (Å²) in [6.45, 7) is 2.45. The summed E-state index contributed by atoms with van der Waals surface area (Å²) in [6.07, 6.45) is 0. The highest BCUT2D eigenvalue weighted by Crippen LogP contribution is 2.26. The summed E-state index contributed by atoms with van der Waals surface area (Å²) >= 11 is 8.21. The molecular weight excluding hydrogens is 387 g/mol. The lowest BCUT2D eigenvalue weighted by atomic mass is 10.1. The van der Waals surface area contributed by atoms with Crippen LogP contribution in [0.2, 0.25) is 5.02 Å². The number of hydrogen-bond donors (Lipinski definition) is 1. The number of halogens is 2. The largest absolute Gasteiger partial charge is 0.397 e.